The zero-order valence-electron chi connectivity index (χ0n) is 25.8. The van der Waals surface area contributed by atoms with Crippen molar-refractivity contribution in [2.45, 2.75) is 57.7 Å². The number of anilines is 1. The molecule has 44 heavy (non-hydrogen) atoms. The number of hydroxylamine groups is 1. The number of amides is 5. The number of nitrogens with two attached hydrogens (primary N) is 1. The summed E-state index contributed by atoms with van der Waals surface area (Å²) in [5.74, 6) is -1.41. The third-order valence-corrected chi connectivity index (χ3v) is 7.68. The number of carbonyl (C=O) groups excluding carboxylic acids is 5. The van der Waals surface area contributed by atoms with Crippen molar-refractivity contribution in [1.82, 2.24) is 26.1 Å². The molecule has 2 aliphatic rings. The molecule has 236 valence electrons. The van der Waals surface area contributed by atoms with Crippen LogP contribution in [0.1, 0.15) is 40.0 Å². The number of carbonyl (C=O) groups is 5. The minimum atomic E-state index is -1.79. The Morgan fingerprint density at radius 3 is 2.50 bits per heavy atom. The van der Waals surface area contributed by atoms with Gasteiger partial charge in [-0.1, -0.05) is 43.7 Å². The molecular formula is C31H41N7O6. The molecule has 2 aromatic rings. The van der Waals surface area contributed by atoms with Crippen molar-refractivity contribution in [2.75, 3.05) is 32.1 Å². The van der Waals surface area contributed by atoms with Crippen molar-refractivity contribution >= 4 is 46.5 Å². The Hall–Kier alpha value is -4.65. The van der Waals surface area contributed by atoms with Crippen LogP contribution >= 0.6 is 0 Å². The second-order valence-corrected chi connectivity index (χ2v) is 11.9. The second kappa shape index (κ2) is 13.3. The van der Waals surface area contributed by atoms with Gasteiger partial charge in [-0.05, 0) is 50.3 Å². The average Bonchev–Trinajstić information content (AvgIpc) is 3.17. The van der Waals surface area contributed by atoms with Crippen LogP contribution in [-0.2, 0) is 19.2 Å². The fraction of sp³-hybridized carbons (Fsp3) is 0.452. The van der Waals surface area contributed by atoms with Crippen LogP contribution in [-0.4, -0.2) is 84.9 Å². The number of rotatable bonds is 13. The van der Waals surface area contributed by atoms with E-state index in [0.29, 0.717) is 24.0 Å². The smallest absolute Gasteiger partial charge is 0.312 e. The monoisotopic (exact) mass is 607 g/mol. The number of hydrogen-bond donors (Lipinski definition) is 4. The lowest BCUT2D eigenvalue weighted by Crippen LogP contribution is -2.59. The first-order chi connectivity index (χ1) is 20.9. The van der Waals surface area contributed by atoms with Gasteiger partial charge in [0.25, 0.3) is 11.8 Å². The molecule has 0 radical (unpaired) electrons. The highest BCUT2D eigenvalue weighted by atomic mass is 16.7. The fourth-order valence-corrected chi connectivity index (χ4v) is 5.73. The maximum Gasteiger partial charge on any atom is 0.312 e. The molecule has 1 fully saturated rings. The van der Waals surface area contributed by atoms with Crippen LogP contribution in [0.3, 0.4) is 0 Å². The van der Waals surface area contributed by atoms with Gasteiger partial charge in [0.1, 0.15) is 6.29 Å². The molecule has 2 aromatic carbocycles. The van der Waals surface area contributed by atoms with Crippen LogP contribution in [0.4, 0.5) is 10.5 Å². The first-order valence-corrected chi connectivity index (χ1v) is 14.6. The number of benzene rings is 2. The molecule has 0 spiro atoms. The van der Waals surface area contributed by atoms with E-state index < -0.39 is 41.4 Å². The van der Waals surface area contributed by atoms with Crippen LogP contribution < -0.4 is 31.6 Å². The number of aldehydes is 1. The number of primary amides is 1. The number of urea groups is 1. The van der Waals surface area contributed by atoms with Crippen molar-refractivity contribution in [3.8, 4) is 5.75 Å². The highest BCUT2D eigenvalue weighted by Gasteiger charge is 2.62. The molecule has 0 aliphatic carbocycles. The number of fused-ring (bicyclic) bond motifs is 2. The third kappa shape index (κ3) is 6.47. The van der Waals surface area contributed by atoms with Gasteiger partial charge in [-0.25, -0.2) is 14.8 Å². The van der Waals surface area contributed by atoms with E-state index in [1.807, 2.05) is 63.2 Å². The van der Waals surface area contributed by atoms with Crippen LogP contribution in [0.2, 0.25) is 0 Å². The second-order valence-electron chi connectivity index (χ2n) is 11.9. The standard InChI is InChI=1S/C31H41N7O6/c1-19(2)16-31(35-44-26-13-7-10-22-23(26)11-6-12-24(22)36(4)5)28(41)37-17-20(3)15-25(38(37)29(31)42)27(40)34-21(18-39)9-8-14-33-30(32)43/h6-7,10-13,15,18-19,21,25,35H,8-9,14,16-17H2,1-5H3,(H,34,40)(H3,32,33,43). The van der Waals surface area contributed by atoms with Crippen LogP contribution in [0.25, 0.3) is 10.8 Å². The van der Waals surface area contributed by atoms with E-state index in [1.54, 1.807) is 19.1 Å². The molecule has 2 heterocycles. The van der Waals surface area contributed by atoms with Gasteiger partial charge in [-0.15, -0.1) is 5.48 Å². The number of hydrazine groups is 1. The summed E-state index contributed by atoms with van der Waals surface area (Å²) in [5, 5.41) is 9.28. The molecule has 5 N–H and O–H groups in total. The van der Waals surface area contributed by atoms with E-state index in [0.717, 1.165) is 21.5 Å². The molecule has 1 saturated heterocycles. The van der Waals surface area contributed by atoms with E-state index in [1.165, 1.54) is 5.01 Å². The normalized spacial score (nSPS) is 20.3. The highest BCUT2D eigenvalue weighted by molar-refractivity contribution is 6.15. The largest absolute Gasteiger partial charge is 0.407 e. The summed E-state index contributed by atoms with van der Waals surface area (Å²) in [6.07, 6.45) is 2.97. The van der Waals surface area contributed by atoms with Crippen LogP contribution in [0.15, 0.2) is 48.0 Å². The van der Waals surface area contributed by atoms with E-state index >= 15 is 0 Å². The van der Waals surface area contributed by atoms with Gasteiger partial charge in [0.15, 0.2) is 11.8 Å². The molecule has 0 aromatic heterocycles. The summed E-state index contributed by atoms with van der Waals surface area (Å²) >= 11 is 0. The quantitative estimate of drug-likeness (QED) is 0.0877. The van der Waals surface area contributed by atoms with Gasteiger partial charge in [0.2, 0.25) is 11.4 Å². The number of nitrogens with zero attached hydrogens (tertiary/aromatic N) is 3. The van der Waals surface area contributed by atoms with Gasteiger partial charge in [0.05, 0.1) is 12.6 Å². The third-order valence-electron chi connectivity index (χ3n) is 7.68. The number of hydrogen-bond acceptors (Lipinski definition) is 8. The molecule has 4 rings (SSSR count). The van der Waals surface area contributed by atoms with E-state index in [2.05, 4.69) is 16.1 Å². The van der Waals surface area contributed by atoms with E-state index in [9.17, 15) is 24.0 Å². The fourth-order valence-electron chi connectivity index (χ4n) is 5.73. The van der Waals surface area contributed by atoms with Crippen molar-refractivity contribution < 1.29 is 28.8 Å². The maximum atomic E-state index is 14.3. The highest BCUT2D eigenvalue weighted by Crippen LogP contribution is 2.37. The lowest BCUT2D eigenvalue weighted by molar-refractivity contribution is -0.155. The SMILES string of the molecule is CC1=CC(C(=O)NC(C=O)CCCNC(N)=O)N2C(=O)C(CC(C)C)(NOc3cccc4c(N(C)C)cccc34)C(=O)N2C1. The number of nitrogens with one attached hydrogen (secondary N) is 3. The van der Waals surface area contributed by atoms with E-state index in [4.69, 9.17) is 10.6 Å². The lowest BCUT2D eigenvalue weighted by Gasteiger charge is -2.36. The predicted octanol–water partition coefficient (Wildman–Crippen LogP) is 1.62. The summed E-state index contributed by atoms with van der Waals surface area (Å²) < 4.78 is 0. The minimum absolute atomic E-state index is 0.0933. The molecule has 5 amide bonds. The Morgan fingerprint density at radius 1 is 1.14 bits per heavy atom. The first kappa shape index (κ1) is 32.3. The zero-order chi connectivity index (χ0) is 32.2. The van der Waals surface area contributed by atoms with Gasteiger partial charge in [-0.3, -0.25) is 14.4 Å². The van der Waals surface area contributed by atoms with Gasteiger partial charge in [-0.2, -0.15) is 0 Å². The molecule has 13 heteroatoms. The van der Waals surface area contributed by atoms with Crippen molar-refractivity contribution in [3.63, 3.8) is 0 Å². The van der Waals surface area contributed by atoms with Gasteiger partial charge >= 0.3 is 6.03 Å². The molecule has 0 bridgehead atoms. The first-order valence-electron chi connectivity index (χ1n) is 14.6. The Labute approximate surface area is 256 Å². The van der Waals surface area contributed by atoms with Crippen molar-refractivity contribution in [3.05, 3.63) is 48.0 Å². The molecule has 3 unspecified atom stereocenters. The minimum Gasteiger partial charge on any atom is -0.407 e. The summed E-state index contributed by atoms with van der Waals surface area (Å²) in [4.78, 5) is 72.6. The average molecular weight is 608 g/mol. The van der Waals surface area contributed by atoms with Crippen molar-refractivity contribution in [2.24, 2.45) is 11.7 Å². The lowest BCUT2D eigenvalue weighted by atomic mass is 9.88. The summed E-state index contributed by atoms with van der Waals surface area (Å²) in [6, 6.07) is 8.66. The van der Waals surface area contributed by atoms with Crippen LogP contribution in [0.5, 0.6) is 5.75 Å². The molecule has 13 nitrogen and oxygen atoms in total. The molecule has 2 aliphatic heterocycles. The Morgan fingerprint density at radius 2 is 1.84 bits per heavy atom. The maximum absolute atomic E-state index is 14.3. The summed E-state index contributed by atoms with van der Waals surface area (Å²) in [7, 11) is 3.89. The van der Waals surface area contributed by atoms with Crippen molar-refractivity contribution in [1.29, 1.82) is 0 Å². The van der Waals surface area contributed by atoms with Gasteiger partial charge in [0, 0.05) is 37.1 Å². The summed E-state index contributed by atoms with van der Waals surface area (Å²) in [6.45, 7) is 5.92. The van der Waals surface area contributed by atoms with Gasteiger partial charge < -0.3 is 30.9 Å². The zero-order valence-corrected chi connectivity index (χ0v) is 25.8. The summed E-state index contributed by atoms with van der Waals surface area (Å²) in [5.41, 5.74) is 7.83. The molecular weight excluding hydrogens is 566 g/mol. The molecule has 0 saturated carbocycles. The Balaban J connectivity index is 1.61. The van der Waals surface area contributed by atoms with E-state index in [-0.39, 0.29) is 31.8 Å². The van der Waals surface area contributed by atoms with Crippen LogP contribution in [0, 0.1) is 5.92 Å². The Kier molecular flexibility index (Phi) is 9.78. The Bertz CT molecular complexity index is 1470. The molecule has 3 atom stereocenters. The topological polar surface area (TPSA) is 166 Å². The predicted molar refractivity (Wildman–Crippen MR) is 165 cm³/mol.